The van der Waals surface area contributed by atoms with Crippen molar-refractivity contribution in [3.63, 3.8) is 0 Å². The molecule has 0 bridgehead atoms. The summed E-state index contributed by atoms with van der Waals surface area (Å²) < 4.78 is 5.29. The van der Waals surface area contributed by atoms with Crippen LogP contribution in [0.5, 0.6) is 5.75 Å². The van der Waals surface area contributed by atoms with Crippen molar-refractivity contribution in [2.45, 2.75) is 13.5 Å². The minimum absolute atomic E-state index is 0.764. The van der Waals surface area contributed by atoms with Crippen molar-refractivity contribution in [3.8, 4) is 5.75 Å². The fraction of sp³-hybridized carbons (Fsp3) is 0.167. The Morgan fingerprint density at radius 3 is 2.76 bits per heavy atom. The fourth-order valence-electron chi connectivity index (χ4n) is 2.49. The third-order valence-corrected chi connectivity index (χ3v) is 3.57. The Kier molecular flexibility index (Phi) is 3.73. The van der Waals surface area contributed by atoms with Crippen LogP contribution in [-0.4, -0.2) is 12.1 Å². The van der Waals surface area contributed by atoms with Gasteiger partial charge >= 0.3 is 0 Å². The summed E-state index contributed by atoms with van der Waals surface area (Å²) in [5.74, 6) is 0.922. The summed E-state index contributed by atoms with van der Waals surface area (Å²) in [6.07, 6.45) is 1.82. The summed E-state index contributed by atoms with van der Waals surface area (Å²) in [6.45, 7) is 2.82. The maximum Gasteiger partial charge on any atom is 0.121 e. The van der Waals surface area contributed by atoms with E-state index in [1.54, 1.807) is 7.11 Å². The summed E-state index contributed by atoms with van der Waals surface area (Å²) >= 11 is 0. The second-order valence-corrected chi connectivity index (χ2v) is 5.04. The molecule has 1 N–H and O–H groups in total. The lowest BCUT2D eigenvalue weighted by molar-refractivity contribution is 0.411. The zero-order valence-corrected chi connectivity index (χ0v) is 12.3. The lowest BCUT2D eigenvalue weighted by Gasteiger charge is -2.11. The van der Waals surface area contributed by atoms with Crippen molar-refractivity contribution in [2.75, 3.05) is 12.4 Å². The highest BCUT2D eigenvalue weighted by atomic mass is 16.5. The molecule has 0 aliphatic rings. The largest absolute Gasteiger partial charge is 0.496 e. The number of nitrogens with one attached hydrogen (secondary N) is 1. The molecule has 3 heteroatoms. The Morgan fingerprint density at radius 2 is 1.95 bits per heavy atom. The van der Waals surface area contributed by atoms with Crippen LogP contribution in [-0.2, 0) is 6.54 Å². The Bertz CT molecular complexity index is 763. The standard InChI is InChI=1S/C18H18N2O/c1-13-11-14(8-9-17(13)21-2)12-20-16-7-3-5-15-6-4-10-19-18(15)16/h3-11,20H,12H2,1-2H3. The van der Waals surface area contributed by atoms with Gasteiger partial charge < -0.3 is 10.1 Å². The smallest absolute Gasteiger partial charge is 0.121 e. The van der Waals surface area contributed by atoms with Gasteiger partial charge in [-0.25, -0.2) is 0 Å². The molecule has 21 heavy (non-hydrogen) atoms. The SMILES string of the molecule is COc1ccc(CNc2cccc3cccnc23)cc1C. The molecular weight excluding hydrogens is 260 g/mol. The zero-order chi connectivity index (χ0) is 14.7. The molecule has 2 aromatic carbocycles. The molecule has 3 nitrogen and oxygen atoms in total. The first-order valence-corrected chi connectivity index (χ1v) is 6.99. The van der Waals surface area contributed by atoms with Crippen LogP contribution in [0, 0.1) is 6.92 Å². The number of ether oxygens (including phenoxy) is 1. The molecule has 0 spiro atoms. The number of aromatic nitrogens is 1. The maximum absolute atomic E-state index is 5.29. The van der Waals surface area contributed by atoms with Crippen molar-refractivity contribution >= 4 is 16.6 Å². The number of methoxy groups -OCH3 is 1. The van der Waals surface area contributed by atoms with Crippen LogP contribution in [0.3, 0.4) is 0 Å². The average molecular weight is 278 g/mol. The highest BCUT2D eigenvalue weighted by Crippen LogP contribution is 2.23. The molecule has 0 aliphatic carbocycles. The van der Waals surface area contributed by atoms with Crippen molar-refractivity contribution < 1.29 is 4.74 Å². The normalized spacial score (nSPS) is 10.6. The van der Waals surface area contributed by atoms with Crippen molar-refractivity contribution in [2.24, 2.45) is 0 Å². The van der Waals surface area contributed by atoms with E-state index < -0.39 is 0 Å². The molecule has 0 saturated heterocycles. The Morgan fingerprint density at radius 1 is 1.10 bits per heavy atom. The van der Waals surface area contributed by atoms with Crippen molar-refractivity contribution in [3.05, 3.63) is 65.9 Å². The van der Waals surface area contributed by atoms with Crippen molar-refractivity contribution in [1.82, 2.24) is 4.98 Å². The van der Waals surface area contributed by atoms with E-state index in [1.807, 2.05) is 24.4 Å². The molecule has 3 rings (SSSR count). The number of rotatable bonds is 4. The molecule has 0 fully saturated rings. The van der Waals surface area contributed by atoms with Crippen molar-refractivity contribution in [1.29, 1.82) is 0 Å². The number of nitrogens with zero attached hydrogens (tertiary/aromatic N) is 1. The van der Waals surface area contributed by atoms with E-state index >= 15 is 0 Å². The summed E-state index contributed by atoms with van der Waals surface area (Å²) in [4.78, 5) is 4.46. The molecule has 0 aliphatic heterocycles. The van der Waals surface area contributed by atoms with Gasteiger partial charge in [0.05, 0.1) is 18.3 Å². The molecule has 0 radical (unpaired) electrons. The second-order valence-electron chi connectivity index (χ2n) is 5.04. The van der Waals surface area contributed by atoms with Gasteiger partial charge in [0.1, 0.15) is 5.75 Å². The van der Waals surface area contributed by atoms with Crippen LogP contribution in [0.25, 0.3) is 10.9 Å². The molecule has 3 aromatic rings. The van der Waals surface area contributed by atoms with E-state index in [4.69, 9.17) is 4.74 Å². The lowest BCUT2D eigenvalue weighted by atomic mass is 10.1. The van der Waals surface area contributed by atoms with Gasteiger partial charge in [-0.1, -0.05) is 30.3 Å². The van der Waals surface area contributed by atoms with Crippen LogP contribution in [0.2, 0.25) is 0 Å². The highest BCUT2D eigenvalue weighted by molar-refractivity contribution is 5.90. The highest BCUT2D eigenvalue weighted by Gasteiger charge is 2.03. The molecule has 1 heterocycles. The predicted octanol–water partition coefficient (Wildman–Crippen LogP) is 4.16. The fourth-order valence-corrected chi connectivity index (χ4v) is 2.49. The molecular formula is C18H18N2O. The molecule has 0 amide bonds. The average Bonchev–Trinajstić information content (AvgIpc) is 2.53. The quantitative estimate of drug-likeness (QED) is 0.778. The predicted molar refractivity (Wildman–Crippen MR) is 86.8 cm³/mol. The van der Waals surface area contributed by atoms with E-state index in [0.717, 1.165) is 34.4 Å². The first-order chi connectivity index (χ1) is 10.3. The zero-order valence-electron chi connectivity index (χ0n) is 12.3. The summed E-state index contributed by atoms with van der Waals surface area (Å²) in [5.41, 5.74) is 4.43. The summed E-state index contributed by atoms with van der Waals surface area (Å²) in [6, 6.07) is 16.4. The van der Waals surface area contributed by atoms with Crippen LogP contribution < -0.4 is 10.1 Å². The topological polar surface area (TPSA) is 34.1 Å². The summed E-state index contributed by atoms with van der Waals surface area (Å²) in [5, 5.41) is 4.61. The third kappa shape index (κ3) is 2.82. The number of fused-ring (bicyclic) bond motifs is 1. The summed E-state index contributed by atoms with van der Waals surface area (Å²) in [7, 11) is 1.70. The van der Waals surface area contributed by atoms with Crippen LogP contribution >= 0.6 is 0 Å². The number of anilines is 1. The van der Waals surface area contributed by atoms with Gasteiger partial charge in [0, 0.05) is 18.1 Å². The second kappa shape index (κ2) is 5.83. The van der Waals surface area contributed by atoms with Gasteiger partial charge in [-0.2, -0.15) is 0 Å². The van der Waals surface area contributed by atoms with Gasteiger partial charge in [0.25, 0.3) is 0 Å². The van der Waals surface area contributed by atoms with E-state index in [2.05, 4.69) is 47.6 Å². The molecule has 0 saturated carbocycles. The van der Waals surface area contributed by atoms with E-state index in [1.165, 1.54) is 5.56 Å². The number of para-hydroxylation sites is 1. The van der Waals surface area contributed by atoms with E-state index in [9.17, 15) is 0 Å². The monoisotopic (exact) mass is 278 g/mol. The van der Waals surface area contributed by atoms with Gasteiger partial charge in [0.15, 0.2) is 0 Å². The molecule has 106 valence electrons. The number of hydrogen-bond donors (Lipinski definition) is 1. The third-order valence-electron chi connectivity index (χ3n) is 3.57. The molecule has 0 unspecified atom stereocenters. The van der Waals surface area contributed by atoms with Gasteiger partial charge in [0.2, 0.25) is 0 Å². The molecule has 0 atom stereocenters. The van der Waals surface area contributed by atoms with E-state index in [0.29, 0.717) is 0 Å². The first kappa shape index (κ1) is 13.4. The Hall–Kier alpha value is -2.55. The van der Waals surface area contributed by atoms with Crippen LogP contribution in [0.15, 0.2) is 54.7 Å². The lowest BCUT2D eigenvalue weighted by Crippen LogP contribution is -2.01. The maximum atomic E-state index is 5.29. The van der Waals surface area contributed by atoms with Crippen LogP contribution in [0.1, 0.15) is 11.1 Å². The Labute approximate surface area is 124 Å². The number of hydrogen-bond acceptors (Lipinski definition) is 3. The van der Waals surface area contributed by atoms with Crippen LogP contribution in [0.4, 0.5) is 5.69 Å². The minimum atomic E-state index is 0.764. The first-order valence-electron chi connectivity index (χ1n) is 6.99. The van der Waals surface area contributed by atoms with Gasteiger partial charge in [-0.05, 0) is 36.2 Å². The van der Waals surface area contributed by atoms with Gasteiger partial charge in [-0.3, -0.25) is 4.98 Å². The molecule has 1 aromatic heterocycles. The number of pyridine rings is 1. The van der Waals surface area contributed by atoms with Gasteiger partial charge in [-0.15, -0.1) is 0 Å². The Balaban J connectivity index is 1.82. The number of benzene rings is 2. The van der Waals surface area contributed by atoms with E-state index in [-0.39, 0.29) is 0 Å². The number of aryl methyl sites for hydroxylation is 1. The minimum Gasteiger partial charge on any atom is -0.496 e.